The van der Waals surface area contributed by atoms with Crippen molar-refractivity contribution in [3.8, 4) is 11.1 Å². The van der Waals surface area contributed by atoms with Gasteiger partial charge in [-0.1, -0.05) is 48.5 Å². The van der Waals surface area contributed by atoms with Crippen LogP contribution in [0.15, 0.2) is 54.6 Å². The van der Waals surface area contributed by atoms with Gasteiger partial charge in [0.2, 0.25) is 0 Å². The van der Waals surface area contributed by atoms with Gasteiger partial charge in [0, 0.05) is 19.6 Å². The Morgan fingerprint density at radius 3 is 2.52 bits per heavy atom. The molecule has 4 heteroatoms. The topological polar surface area (TPSA) is 41.6 Å². The van der Waals surface area contributed by atoms with Gasteiger partial charge in [0.25, 0.3) is 0 Å². The van der Waals surface area contributed by atoms with Crippen LogP contribution in [0.5, 0.6) is 0 Å². The van der Waals surface area contributed by atoms with Crippen molar-refractivity contribution in [2.45, 2.75) is 32.4 Å². The number of carbonyl (C=O) groups excluding carboxylic acids is 1. The van der Waals surface area contributed by atoms with Crippen LogP contribution in [0, 0.1) is 0 Å². The molecule has 0 aliphatic carbocycles. The van der Waals surface area contributed by atoms with Crippen molar-refractivity contribution in [3.63, 3.8) is 0 Å². The summed E-state index contributed by atoms with van der Waals surface area (Å²) < 4.78 is 5.51. The lowest BCUT2D eigenvalue weighted by Crippen LogP contribution is -2.49. The van der Waals surface area contributed by atoms with Crippen LogP contribution in [0.2, 0.25) is 0 Å². The van der Waals surface area contributed by atoms with E-state index in [1.165, 1.54) is 16.7 Å². The van der Waals surface area contributed by atoms with Gasteiger partial charge in [0.15, 0.2) is 0 Å². The predicted molar refractivity (Wildman–Crippen MR) is 100 cm³/mol. The summed E-state index contributed by atoms with van der Waals surface area (Å²) >= 11 is 0. The Hall–Kier alpha value is -2.33. The molecule has 1 fully saturated rings. The number of nitrogens with one attached hydrogen (secondary N) is 1. The molecule has 25 heavy (non-hydrogen) atoms. The van der Waals surface area contributed by atoms with Crippen molar-refractivity contribution in [1.29, 1.82) is 0 Å². The molecule has 0 bridgehead atoms. The van der Waals surface area contributed by atoms with Crippen molar-refractivity contribution < 1.29 is 9.53 Å². The van der Waals surface area contributed by atoms with Gasteiger partial charge in [-0.05, 0) is 43.5 Å². The van der Waals surface area contributed by atoms with E-state index >= 15 is 0 Å². The lowest BCUT2D eigenvalue weighted by atomic mass is 9.98. The quantitative estimate of drug-likeness (QED) is 0.891. The number of piperazine rings is 1. The zero-order valence-electron chi connectivity index (χ0n) is 15.2. The molecule has 132 valence electrons. The third-order valence-corrected chi connectivity index (χ3v) is 4.22. The number of benzene rings is 2. The van der Waals surface area contributed by atoms with Gasteiger partial charge in [0.05, 0.1) is 6.04 Å². The van der Waals surface area contributed by atoms with E-state index in [4.69, 9.17) is 4.74 Å². The molecule has 2 aromatic rings. The highest BCUT2D eigenvalue weighted by Crippen LogP contribution is 2.25. The van der Waals surface area contributed by atoms with E-state index in [0.29, 0.717) is 13.1 Å². The van der Waals surface area contributed by atoms with Gasteiger partial charge in [-0.3, -0.25) is 0 Å². The summed E-state index contributed by atoms with van der Waals surface area (Å²) in [7, 11) is 0. The molecule has 1 aliphatic rings. The summed E-state index contributed by atoms with van der Waals surface area (Å²) in [6.45, 7) is 7.74. The molecular formula is C21H26N2O2. The van der Waals surface area contributed by atoms with Gasteiger partial charge < -0.3 is 15.0 Å². The fourth-order valence-electron chi connectivity index (χ4n) is 3.03. The van der Waals surface area contributed by atoms with Gasteiger partial charge in [-0.2, -0.15) is 0 Å². The molecule has 1 heterocycles. The number of carbonyl (C=O) groups is 1. The normalized spacial score (nSPS) is 18.0. The Bertz CT molecular complexity index is 722. The maximum atomic E-state index is 12.4. The van der Waals surface area contributed by atoms with Crippen molar-refractivity contribution >= 4 is 6.09 Å². The zero-order chi connectivity index (χ0) is 17.9. The molecule has 1 aliphatic heterocycles. The van der Waals surface area contributed by atoms with E-state index in [2.05, 4.69) is 41.7 Å². The average Bonchev–Trinajstić information content (AvgIpc) is 2.61. The third-order valence-electron chi connectivity index (χ3n) is 4.22. The number of nitrogens with zero attached hydrogens (tertiary/aromatic N) is 1. The molecule has 0 unspecified atom stereocenters. The van der Waals surface area contributed by atoms with Crippen molar-refractivity contribution in [2.24, 2.45) is 0 Å². The van der Waals surface area contributed by atoms with Gasteiger partial charge in [-0.15, -0.1) is 0 Å². The predicted octanol–water partition coefficient (Wildman–Crippen LogP) is 4.24. The number of ether oxygens (including phenoxy) is 1. The first-order valence-electron chi connectivity index (χ1n) is 8.79. The molecule has 1 atom stereocenters. The number of rotatable bonds is 2. The molecule has 0 aromatic heterocycles. The molecule has 1 N–H and O–H groups in total. The molecule has 4 nitrogen and oxygen atoms in total. The van der Waals surface area contributed by atoms with Gasteiger partial charge >= 0.3 is 6.09 Å². The zero-order valence-corrected chi connectivity index (χ0v) is 15.2. The molecule has 3 rings (SSSR count). The SMILES string of the molecule is CC(C)(C)OC(=O)N1CCN[C@@H](c2cccc(-c3ccccc3)c2)C1. The standard InChI is InChI=1S/C21H26N2O2/c1-21(2,3)25-20(24)23-13-12-22-19(15-23)18-11-7-10-17(14-18)16-8-5-4-6-9-16/h4-11,14,19,22H,12-13,15H2,1-3H3/t19-/m1/s1. The lowest BCUT2D eigenvalue weighted by Gasteiger charge is -2.35. The largest absolute Gasteiger partial charge is 0.444 e. The van der Waals surface area contributed by atoms with E-state index in [-0.39, 0.29) is 12.1 Å². The maximum absolute atomic E-state index is 12.4. The molecule has 2 aromatic carbocycles. The first-order valence-corrected chi connectivity index (χ1v) is 8.79. The summed E-state index contributed by atoms with van der Waals surface area (Å²) in [5.74, 6) is 0. The Morgan fingerprint density at radius 2 is 1.80 bits per heavy atom. The van der Waals surface area contributed by atoms with Crippen LogP contribution in [0.25, 0.3) is 11.1 Å². The van der Waals surface area contributed by atoms with Crippen molar-refractivity contribution in [3.05, 3.63) is 60.2 Å². The van der Waals surface area contributed by atoms with E-state index in [1.807, 2.05) is 39.0 Å². The van der Waals surface area contributed by atoms with Crippen LogP contribution < -0.4 is 5.32 Å². The third kappa shape index (κ3) is 4.60. The summed E-state index contributed by atoms with van der Waals surface area (Å²) in [6, 6.07) is 19.0. The van der Waals surface area contributed by atoms with Crippen molar-refractivity contribution in [1.82, 2.24) is 10.2 Å². The second kappa shape index (κ2) is 7.28. The van der Waals surface area contributed by atoms with Gasteiger partial charge in [0.1, 0.15) is 5.60 Å². The molecule has 1 saturated heterocycles. The fraction of sp³-hybridized carbons (Fsp3) is 0.381. The van der Waals surface area contributed by atoms with E-state index < -0.39 is 5.60 Å². The highest BCUT2D eigenvalue weighted by atomic mass is 16.6. The molecule has 1 amide bonds. The molecule has 0 radical (unpaired) electrons. The first-order chi connectivity index (χ1) is 11.9. The lowest BCUT2D eigenvalue weighted by molar-refractivity contribution is 0.0195. The van der Waals surface area contributed by atoms with Crippen molar-refractivity contribution in [2.75, 3.05) is 19.6 Å². The van der Waals surface area contributed by atoms with Crippen LogP contribution in [0.4, 0.5) is 4.79 Å². The summed E-state index contributed by atoms with van der Waals surface area (Å²) in [6.07, 6.45) is -0.238. The van der Waals surface area contributed by atoms with Crippen LogP contribution in [0.1, 0.15) is 32.4 Å². The first kappa shape index (κ1) is 17.5. The summed E-state index contributed by atoms with van der Waals surface area (Å²) in [5, 5.41) is 3.51. The minimum Gasteiger partial charge on any atom is -0.444 e. The number of hydrogen-bond acceptors (Lipinski definition) is 3. The van der Waals surface area contributed by atoms with Gasteiger partial charge in [-0.25, -0.2) is 4.79 Å². The maximum Gasteiger partial charge on any atom is 0.410 e. The Balaban J connectivity index is 1.75. The number of amides is 1. The smallest absolute Gasteiger partial charge is 0.410 e. The van der Waals surface area contributed by atoms with E-state index in [9.17, 15) is 4.79 Å². The second-order valence-electron chi connectivity index (χ2n) is 7.42. The van der Waals surface area contributed by atoms with Crippen LogP contribution >= 0.6 is 0 Å². The van der Waals surface area contributed by atoms with E-state index in [0.717, 1.165) is 6.54 Å². The average molecular weight is 338 g/mol. The Labute approximate surface area is 149 Å². The minimum absolute atomic E-state index is 0.116. The van der Waals surface area contributed by atoms with Crippen LogP contribution in [-0.4, -0.2) is 36.2 Å². The highest BCUT2D eigenvalue weighted by molar-refractivity contribution is 5.68. The molecule has 0 saturated carbocycles. The van der Waals surface area contributed by atoms with Crippen LogP contribution in [0.3, 0.4) is 0 Å². The number of hydrogen-bond donors (Lipinski definition) is 1. The fourth-order valence-corrected chi connectivity index (χ4v) is 3.03. The second-order valence-corrected chi connectivity index (χ2v) is 7.42. The Morgan fingerprint density at radius 1 is 1.08 bits per heavy atom. The van der Waals surface area contributed by atoms with E-state index in [1.54, 1.807) is 4.90 Å². The monoisotopic (exact) mass is 338 g/mol. The molecular weight excluding hydrogens is 312 g/mol. The highest BCUT2D eigenvalue weighted by Gasteiger charge is 2.28. The van der Waals surface area contributed by atoms with Crippen LogP contribution in [-0.2, 0) is 4.74 Å². The molecule has 0 spiro atoms. The Kier molecular flexibility index (Phi) is 5.09. The summed E-state index contributed by atoms with van der Waals surface area (Å²) in [5.41, 5.74) is 3.11. The summed E-state index contributed by atoms with van der Waals surface area (Å²) in [4.78, 5) is 14.1. The minimum atomic E-state index is -0.468.